The van der Waals surface area contributed by atoms with Crippen molar-refractivity contribution >= 4 is 5.91 Å². The first-order valence-electron chi connectivity index (χ1n) is 5.60. The summed E-state index contributed by atoms with van der Waals surface area (Å²) in [6.45, 7) is 5.98. The summed E-state index contributed by atoms with van der Waals surface area (Å²) in [6.07, 6.45) is 3.22. The fourth-order valence-corrected chi connectivity index (χ4v) is 1.33. The summed E-state index contributed by atoms with van der Waals surface area (Å²) in [5, 5.41) is 12.3. The van der Waals surface area contributed by atoms with Gasteiger partial charge in [-0.15, -0.1) is 0 Å². The number of nitrogens with zero attached hydrogens (tertiary/aromatic N) is 1. The molecule has 0 saturated carbocycles. The second-order valence-electron chi connectivity index (χ2n) is 4.36. The first-order valence-corrected chi connectivity index (χ1v) is 5.60. The number of aromatic nitrogens is 1. The van der Waals surface area contributed by atoms with Crippen LogP contribution in [0.3, 0.4) is 0 Å². The summed E-state index contributed by atoms with van der Waals surface area (Å²) in [6, 6.07) is 3.52. The van der Waals surface area contributed by atoms with Gasteiger partial charge in [0.15, 0.2) is 0 Å². The highest BCUT2D eigenvalue weighted by molar-refractivity contribution is 5.79. The number of aliphatic hydroxyl groups excluding tert-OH is 1. The zero-order valence-corrected chi connectivity index (χ0v) is 10.1. The normalized spacial score (nSPS) is 14.8. The average Bonchev–Trinajstić information content (AvgIpc) is 2.77. The van der Waals surface area contributed by atoms with E-state index in [2.05, 4.69) is 5.32 Å². The van der Waals surface area contributed by atoms with Gasteiger partial charge in [-0.3, -0.25) is 4.79 Å². The number of carbonyl (C=O) groups excluding carboxylic acids is 1. The van der Waals surface area contributed by atoms with Crippen LogP contribution in [0.25, 0.3) is 0 Å². The number of hydrogen-bond donors (Lipinski definition) is 2. The number of aliphatic hydroxyl groups is 1. The van der Waals surface area contributed by atoms with E-state index >= 15 is 0 Å². The smallest absolute Gasteiger partial charge is 0.242 e. The number of nitrogens with one attached hydrogen (secondary N) is 1. The zero-order valence-electron chi connectivity index (χ0n) is 10.1. The molecule has 0 aliphatic carbocycles. The lowest BCUT2D eigenvalue weighted by Gasteiger charge is -2.18. The Labute approximate surface area is 96.3 Å². The van der Waals surface area contributed by atoms with Gasteiger partial charge in [-0.1, -0.05) is 13.8 Å². The van der Waals surface area contributed by atoms with E-state index in [4.69, 9.17) is 0 Å². The fraction of sp³-hybridized carbons (Fsp3) is 0.583. The van der Waals surface area contributed by atoms with Crippen LogP contribution in [0, 0.1) is 5.92 Å². The minimum absolute atomic E-state index is 0.0732. The number of hydrogen-bond acceptors (Lipinski definition) is 2. The monoisotopic (exact) mass is 224 g/mol. The van der Waals surface area contributed by atoms with Crippen molar-refractivity contribution in [2.24, 2.45) is 5.92 Å². The third-order valence-electron chi connectivity index (χ3n) is 2.71. The van der Waals surface area contributed by atoms with E-state index in [0.717, 1.165) is 0 Å². The SMILES string of the molecule is CC(C)C(O)CNC(=O)C(C)n1cccc1. The van der Waals surface area contributed by atoms with Gasteiger partial charge in [-0.25, -0.2) is 0 Å². The van der Waals surface area contributed by atoms with Crippen LogP contribution < -0.4 is 5.32 Å². The third kappa shape index (κ3) is 3.38. The van der Waals surface area contributed by atoms with Crippen molar-refractivity contribution in [2.45, 2.75) is 32.9 Å². The number of amides is 1. The fourth-order valence-electron chi connectivity index (χ4n) is 1.33. The molecule has 4 nitrogen and oxygen atoms in total. The van der Waals surface area contributed by atoms with Crippen molar-refractivity contribution in [1.29, 1.82) is 0 Å². The lowest BCUT2D eigenvalue weighted by molar-refractivity contribution is -0.124. The Morgan fingerprint density at radius 3 is 2.38 bits per heavy atom. The molecule has 2 N–H and O–H groups in total. The largest absolute Gasteiger partial charge is 0.391 e. The van der Waals surface area contributed by atoms with Crippen molar-refractivity contribution in [3.05, 3.63) is 24.5 Å². The quantitative estimate of drug-likeness (QED) is 0.789. The van der Waals surface area contributed by atoms with Crippen LogP contribution in [-0.4, -0.2) is 28.2 Å². The maximum Gasteiger partial charge on any atom is 0.242 e. The standard InChI is InChI=1S/C12H20N2O2/c1-9(2)11(15)8-13-12(16)10(3)14-6-4-5-7-14/h4-7,9-11,15H,8H2,1-3H3,(H,13,16). The van der Waals surface area contributed by atoms with E-state index < -0.39 is 6.10 Å². The van der Waals surface area contributed by atoms with Gasteiger partial charge >= 0.3 is 0 Å². The van der Waals surface area contributed by atoms with Crippen LogP contribution in [0.2, 0.25) is 0 Å². The Balaban J connectivity index is 2.41. The van der Waals surface area contributed by atoms with E-state index in [-0.39, 0.29) is 17.9 Å². The Morgan fingerprint density at radius 2 is 1.88 bits per heavy atom. The van der Waals surface area contributed by atoms with Gasteiger partial charge in [-0.2, -0.15) is 0 Å². The Bertz CT molecular complexity index is 320. The summed E-state index contributed by atoms with van der Waals surface area (Å²) in [5.74, 6) is 0.0816. The molecule has 1 amide bonds. The van der Waals surface area contributed by atoms with Crippen LogP contribution in [0.15, 0.2) is 24.5 Å². The van der Waals surface area contributed by atoms with Crippen molar-refractivity contribution in [3.8, 4) is 0 Å². The molecule has 0 aromatic carbocycles. The molecule has 4 heteroatoms. The molecule has 0 bridgehead atoms. The molecular weight excluding hydrogens is 204 g/mol. The molecule has 2 unspecified atom stereocenters. The van der Waals surface area contributed by atoms with Gasteiger partial charge in [0.05, 0.1) is 6.10 Å². The molecule has 0 aliphatic rings. The molecule has 90 valence electrons. The lowest BCUT2D eigenvalue weighted by atomic mass is 10.1. The van der Waals surface area contributed by atoms with Gasteiger partial charge in [0.1, 0.15) is 6.04 Å². The van der Waals surface area contributed by atoms with Crippen molar-refractivity contribution < 1.29 is 9.90 Å². The van der Waals surface area contributed by atoms with Crippen LogP contribution in [0.4, 0.5) is 0 Å². The highest BCUT2D eigenvalue weighted by Crippen LogP contribution is 2.06. The molecule has 0 radical (unpaired) electrons. The van der Waals surface area contributed by atoms with E-state index in [0.29, 0.717) is 6.54 Å². The molecule has 0 fully saturated rings. The molecule has 16 heavy (non-hydrogen) atoms. The molecule has 1 rings (SSSR count). The van der Waals surface area contributed by atoms with Crippen LogP contribution in [-0.2, 0) is 4.79 Å². The summed E-state index contributed by atoms with van der Waals surface area (Å²) in [4.78, 5) is 11.7. The van der Waals surface area contributed by atoms with Crippen molar-refractivity contribution in [1.82, 2.24) is 9.88 Å². The predicted octanol–water partition coefficient (Wildman–Crippen LogP) is 1.18. The predicted molar refractivity (Wildman–Crippen MR) is 63.0 cm³/mol. The first kappa shape index (κ1) is 12.8. The summed E-state index contributed by atoms with van der Waals surface area (Å²) < 4.78 is 1.83. The average molecular weight is 224 g/mol. The maximum absolute atomic E-state index is 11.7. The Hall–Kier alpha value is -1.29. The number of rotatable bonds is 5. The Morgan fingerprint density at radius 1 is 1.31 bits per heavy atom. The molecule has 2 atom stereocenters. The second kappa shape index (κ2) is 5.70. The van der Waals surface area contributed by atoms with E-state index in [9.17, 15) is 9.90 Å². The Kier molecular flexibility index (Phi) is 4.55. The van der Waals surface area contributed by atoms with E-state index in [1.54, 1.807) is 0 Å². The third-order valence-corrected chi connectivity index (χ3v) is 2.71. The number of carbonyl (C=O) groups is 1. The molecule has 0 saturated heterocycles. The van der Waals surface area contributed by atoms with Crippen LogP contribution in [0.1, 0.15) is 26.8 Å². The van der Waals surface area contributed by atoms with Crippen LogP contribution in [0.5, 0.6) is 0 Å². The lowest BCUT2D eigenvalue weighted by Crippen LogP contribution is -2.38. The second-order valence-corrected chi connectivity index (χ2v) is 4.36. The van der Waals surface area contributed by atoms with Gasteiger partial charge in [0.2, 0.25) is 5.91 Å². The molecule has 1 aromatic heterocycles. The van der Waals surface area contributed by atoms with Crippen molar-refractivity contribution in [3.63, 3.8) is 0 Å². The van der Waals surface area contributed by atoms with Gasteiger partial charge in [0, 0.05) is 18.9 Å². The van der Waals surface area contributed by atoms with Gasteiger partial charge in [-0.05, 0) is 25.0 Å². The molecular formula is C12H20N2O2. The van der Waals surface area contributed by atoms with Crippen LogP contribution >= 0.6 is 0 Å². The highest BCUT2D eigenvalue weighted by atomic mass is 16.3. The van der Waals surface area contributed by atoms with Gasteiger partial charge in [0.25, 0.3) is 0 Å². The maximum atomic E-state index is 11.7. The summed E-state index contributed by atoms with van der Waals surface area (Å²) in [7, 11) is 0. The molecule has 0 spiro atoms. The van der Waals surface area contributed by atoms with E-state index in [1.165, 1.54) is 0 Å². The summed E-state index contributed by atoms with van der Waals surface area (Å²) >= 11 is 0. The van der Waals surface area contributed by atoms with E-state index in [1.807, 2.05) is 49.9 Å². The highest BCUT2D eigenvalue weighted by Gasteiger charge is 2.16. The van der Waals surface area contributed by atoms with Crippen molar-refractivity contribution in [2.75, 3.05) is 6.54 Å². The summed E-state index contributed by atoms with van der Waals surface area (Å²) in [5.41, 5.74) is 0. The zero-order chi connectivity index (χ0) is 12.1. The molecule has 0 aliphatic heterocycles. The topological polar surface area (TPSA) is 54.3 Å². The van der Waals surface area contributed by atoms with Gasteiger partial charge < -0.3 is 15.0 Å². The molecule has 1 aromatic rings. The minimum Gasteiger partial charge on any atom is -0.391 e. The minimum atomic E-state index is -0.485. The molecule has 1 heterocycles. The first-order chi connectivity index (χ1) is 7.52.